The second kappa shape index (κ2) is 6.33. The fourth-order valence-electron chi connectivity index (χ4n) is 3.35. The first-order valence-electron chi connectivity index (χ1n) is 8.51. The van der Waals surface area contributed by atoms with Crippen LogP contribution in [0.15, 0.2) is 40.1 Å². The molecule has 6 nitrogen and oxygen atoms in total. The van der Waals surface area contributed by atoms with E-state index in [0.717, 1.165) is 24.2 Å². The second-order valence-electron chi connectivity index (χ2n) is 6.50. The van der Waals surface area contributed by atoms with Gasteiger partial charge in [0.15, 0.2) is 5.65 Å². The van der Waals surface area contributed by atoms with Crippen LogP contribution in [0.3, 0.4) is 0 Å². The van der Waals surface area contributed by atoms with Crippen molar-refractivity contribution in [1.82, 2.24) is 19.5 Å². The van der Waals surface area contributed by atoms with Gasteiger partial charge in [0, 0.05) is 25.1 Å². The predicted octanol–water partition coefficient (Wildman–Crippen LogP) is 2.77. The third-order valence-corrected chi connectivity index (χ3v) is 6.96. The average Bonchev–Trinajstić information content (AvgIpc) is 3.03. The van der Waals surface area contributed by atoms with Crippen LogP contribution in [0.25, 0.3) is 5.65 Å². The highest BCUT2D eigenvalue weighted by molar-refractivity contribution is 7.91. The van der Waals surface area contributed by atoms with Crippen LogP contribution in [0, 0.1) is 0 Å². The van der Waals surface area contributed by atoms with Gasteiger partial charge in [-0.2, -0.15) is 5.10 Å². The number of nitrogens with zero attached hydrogens (tertiary/aromatic N) is 4. The van der Waals surface area contributed by atoms with Crippen LogP contribution in [-0.4, -0.2) is 41.5 Å². The number of likely N-dealkylation sites (N-methyl/N-ethyl adjacent to an activating group) is 1. The van der Waals surface area contributed by atoms with Gasteiger partial charge in [-0.25, -0.2) is 17.9 Å². The van der Waals surface area contributed by atoms with Gasteiger partial charge in [-0.1, -0.05) is 36.7 Å². The van der Waals surface area contributed by atoms with Gasteiger partial charge in [0.2, 0.25) is 9.84 Å². The molecular formula is C18H19ClN4O2S. The number of benzene rings is 1. The molecule has 2 aromatic heterocycles. The SMILES string of the molecule is CCc1nn2c(Cl)c3c(nc2c1S(=O)(=O)c1ccccc1)CCN(C)C3. The van der Waals surface area contributed by atoms with Crippen molar-refractivity contribution in [3.05, 3.63) is 52.4 Å². The number of aromatic nitrogens is 3. The highest BCUT2D eigenvalue weighted by Gasteiger charge is 2.30. The van der Waals surface area contributed by atoms with Crippen molar-refractivity contribution in [1.29, 1.82) is 0 Å². The summed E-state index contributed by atoms with van der Waals surface area (Å²) >= 11 is 6.60. The van der Waals surface area contributed by atoms with Crippen LogP contribution in [0.1, 0.15) is 23.9 Å². The number of hydrogen-bond acceptors (Lipinski definition) is 5. The molecule has 0 N–H and O–H groups in total. The third kappa shape index (κ3) is 2.62. The molecule has 3 heterocycles. The van der Waals surface area contributed by atoms with Crippen LogP contribution < -0.4 is 0 Å². The zero-order valence-electron chi connectivity index (χ0n) is 14.6. The monoisotopic (exact) mass is 390 g/mol. The lowest BCUT2D eigenvalue weighted by atomic mass is 10.1. The number of halogens is 1. The van der Waals surface area contributed by atoms with E-state index in [1.165, 1.54) is 4.52 Å². The normalized spacial score (nSPS) is 15.3. The molecule has 0 bridgehead atoms. The van der Waals surface area contributed by atoms with E-state index in [0.29, 0.717) is 29.5 Å². The van der Waals surface area contributed by atoms with E-state index < -0.39 is 9.84 Å². The topological polar surface area (TPSA) is 67.6 Å². The smallest absolute Gasteiger partial charge is 0.212 e. The Morgan fingerprint density at radius 2 is 1.96 bits per heavy atom. The molecule has 0 unspecified atom stereocenters. The van der Waals surface area contributed by atoms with Gasteiger partial charge in [0.25, 0.3) is 0 Å². The molecule has 0 radical (unpaired) electrons. The van der Waals surface area contributed by atoms with Crippen LogP contribution in [0.4, 0.5) is 0 Å². The molecule has 136 valence electrons. The highest BCUT2D eigenvalue weighted by atomic mass is 35.5. The van der Waals surface area contributed by atoms with Gasteiger partial charge in [-0.05, 0) is 25.6 Å². The van der Waals surface area contributed by atoms with E-state index >= 15 is 0 Å². The second-order valence-corrected chi connectivity index (χ2v) is 8.74. The first-order chi connectivity index (χ1) is 12.4. The highest BCUT2D eigenvalue weighted by Crippen LogP contribution is 2.32. The minimum Gasteiger partial charge on any atom is -0.302 e. The standard InChI is InChI=1S/C18H19ClN4O2S/c1-3-14-16(26(24,25)12-7-5-4-6-8-12)18-20-15-9-10-22(2)11-13(15)17(19)23(18)21-14/h4-8H,3,9-11H2,1-2H3. The molecule has 4 rings (SSSR count). The minimum absolute atomic E-state index is 0.162. The van der Waals surface area contributed by atoms with Gasteiger partial charge in [0.1, 0.15) is 10.0 Å². The van der Waals surface area contributed by atoms with E-state index in [-0.39, 0.29) is 9.79 Å². The van der Waals surface area contributed by atoms with Gasteiger partial charge in [0.05, 0.1) is 16.3 Å². The van der Waals surface area contributed by atoms with Gasteiger partial charge >= 0.3 is 0 Å². The summed E-state index contributed by atoms with van der Waals surface area (Å²) in [5, 5.41) is 4.93. The summed E-state index contributed by atoms with van der Waals surface area (Å²) in [6.07, 6.45) is 1.21. The first kappa shape index (κ1) is 17.5. The third-order valence-electron chi connectivity index (χ3n) is 4.73. The summed E-state index contributed by atoms with van der Waals surface area (Å²) in [4.78, 5) is 7.24. The Bertz CT molecular complexity index is 1090. The lowest BCUT2D eigenvalue weighted by Crippen LogP contribution is -2.28. The molecule has 1 aliphatic heterocycles. The Hall–Kier alpha value is -1.96. The van der Waals surface area contributed by atoms with Crippen LogP contribution >= 0.6 is 11.6 Å². The molecule has 0 saturated heterocycles. The Labute approximate surface area is 157 Å². The molecule has 3 aromatic rings. The van der Waals surface area contributed by atoms with Crippen LogP contribution in [0.2, 0.25) is 5.15 Å². The maximum Gasteiger partial charge on any atom is 0.212 e. The molecule has 8 heteroatoms. The number of rotatable bonds is 3. The summed E-state index contributed by atoms with van der Waals surface area (Å²) in [5.41, 5.74) is 2.58. The molecule has 0 aliphatic carbocycles. The van der Waals surface area contributed by atoms with E-state index in [1.807, 2.05) is 14.0 Å². The zero-order chi connectivity index (χ0) is 18.5. The van der Waals surface area contributed by atoms with Crippen molar-refractivity contribution >= 4 is 27.1 Å². The number of fused-ring (bicyclic) bond motifs is 2. The quantitative estimate of drug-likeness (QED) is 0.643. The van der Waals surface area contributed by atoms with E-state index in [2.05, 4.69) is 15.0 Å². The average molecular weight is 391 g/mol. The molecule has 26 heavy (non-hydrogen) atoms. The molecule has 0 spiro atoms. The van der Waals surface area contributed by atoms with E-state index in [1.54, 1.807) is 30.3 Å². The fraction of sp³-hybridized carbons (Fsp3) is 0.333. The van der Waals surface area contributed by atoms with Crippen molar-refractivity contribution in [2.45, 2.75) is 36.1 Å². The van der Waals surface area contributed by atoms with Crippen LogP contribution in [0.5, 0.6) is 0 Å². The van der Waals surface area contributed by atoms with Crippen LogP contribution in [-0.2, 0) is 29.2 Å². The first-order valence-corrected chi connectivity index (χ1v) is 10.4. The number of sulfone groups is 1. The number of hydrogen-bond donors (Lipinski definition) is 0. The van der Waals surface area contributed by atoms with Crippen molar-refractivity contribution < 1.29 is 8.42 Å². The Morgan fingerprint density at radius 1 is 1.23 bits per heavy atom. The van der Waals surface area contributed by atoms with E-state index in [4.69, 9.17) is 11.6 Å². The summed E-state index contributed by atoms with van der Waals surface area (Å²) < 4.78 is 28.0. The van der Waals surface area contributed by atoms with Gasteiger partial charge in [-0.15, -0.1) is 0 Å². The largest absolute Gasteiger partial charge is 0.302 e. The maximum atomic E-state index is 13.3. The summed E-state index contributed by atoms with van der Waals surface area (Å²) in [6.45, 7) is 3.43. The lowest BCUT2D eigenvalue weighted by Gasteiger charge is -2.25. The molecule has 0 amide bonds. The molecule has 0 atom stereocenters. The summed E-state index contributed by atoms with van der Waals surface area (Å²) in [6, 6.07) is 8.39. The Morgan fingerprint density at radius 3 is 2.65 bits per heavy atom. The van der Waals surface area contributed by atoms with E-state index in [9.17, 15) is 8.42 Å². The van der Waals surface area contributed by atoms with Crippen molar-refractivity contribution in [3.8, 4) is 0 Å². The van der Waals surface area contributed by atoms with Crippen molar-refractivity contribution in [2.24, 2.45) is 0 Å². The molecule has 1 aromatic carbocycles. The van der Waals surface area contributed by atoms with Crippen molar-refractivity contribution in [3.63, 3.8) is 0 Å². The summed E-state index contributed by atoms with van der Waals surface area (Å²) in [5.74, 6) is 0. The summed E-state index contributed by atoms with van der Waals surface area (Å²) in [7, 11) is -1.71. The molecule has 0 fully saturated rings. The number of aryl methyl sites for hydroxylation is 1. The Balaban J connectivity index is 2.03. The fourth-order valence-corrected chi connectivity index (χ4v) is 5.25. The van der Waals surface area contributed by atoms with Gasteiger partial charge < -0.3 is 4.90 Å². The molecule has 1 aliphatic rings. The van der Waals surface area contributed by atoms with Crippen molar-refractivity contribution in [2.75, 3.05) is 13.6 Å². The minimum atomic E-state index is -3.73. The maximum absolute atomic E-state index is 13.3. The Kier molecular flexibility index (Phi) is 4.25. The molecule has 0 saturated carbocycles. The molecular weight excluding hydrogens is 372 g/mol. The predicted molar refractivity (Wildman–Crippen MR) is 99.3 cm³/mol. The lowest BCUT2D eigenvalue weighted by molar-refractivity contribution is 0.309. The van der Waals surface area contributed by atoms with Gasteiger partial charge in [-0.3, -0.25) is 0 Å². The zero-order valence-corrected chi connectivity index (χ0v) is 16.2.